The molecule has 15 heteroatoms. The van der Waals surface area contributed by atoms with Gasteiger partial charge < -0.3 is 34.6 Å². The second-order valence-electron chi connectivity index (χ2n) is 9.48. The Morgan fingerprint density at radius 3 is 2.22 bits per heavy atom. The fraction of sp³-hybridized carbons (Fsp3) is 0.233. The van der Waals surface area contributed by atoms with Crippen molar-refractivity contribution in [1.29, 1.82) is 10.5 Å². The number of carboxylic acid groups (broad SMARTS) is 1. The number of aliphatic hydroxyl groups excluding tert-OH is 1. The average Bonchev–Trinajstić information content (AvgIpc) is 3.46. The molecular formula is C30H25F3N6O6. The van der Waals surface area contributed by atoms with Gasteiger partial charge in [-0.25, -0.2) is 4.79 Å². The van der Waals surface area contributed by atoms with E-state index in [0.29, 0.717) is 59.4 Å². The summed E-state index contributed by atoms with van der Waals surface area (Å²) in [6.45, 7) is 1.08. The molecule has 0 saturated carbocycles. The molecule has 1 atom stereocenters. The lowest BCUT2D eigenvalue weighted by Gasteiger charge is -2.20. The molecule has 45 heavy (non-hydrogen) atoms. The lowest BCUT2D eigenvalue weighted by Crippen LogP contribution is -2.22. The molecular weight excluding hydrogens is 597 g/mol. The molecule has 232 valence electrons. The summed E-state index contributed by atoms with van der Waals surface area (Å²) >= 11 is 0. The zero-order valence-corrected chi connectivity index (χ0v) is 23.8. The highest BCUT2D eigenvalue weighted by Gasteiger charge is 2.38. The molecule has 0 aliphatic carbocycles. The SMILES string of the molecule is COc1cc2cc(C#N)ccc2c(OC)c1Oc1cc(N2CCC(O)C2)nc(Nc2ccc(C#N)cc2)n1.O=C(O)C(F)(F)F. The number of carboxylic acids is 1. The van der Waals surface area contributed by atoms with Crippen LogP contribution < -0.4 is 24.4 Å². The number of nitriles is 2. The number of β-amino-alcohol motifs (C(OH)–C–C–N with tert-alkyl or cyclic N) is 1. The summed E-state index contributed by atoms with van der Waals surface area (Å²) in [5, 5.41) is 40.3. The highest BCUT2D eigenvalue weighted by atomic mass is 19.4. The Hall–Kier alpha value is -5.80. The summed E-state index contributed by atoms with van der Waals surface area (Å²) in [5.41, 5.74) is 1.75. The van der Waals surface area contributed by atoms with Gasteiger partial charge in [-0.1, -0.05) is 0 Å². The largest absolute Gasteiger partial charge is 0.493 e. The maximum Gasteiger partial charge on any atom is 0.490 e. The first-order chi connectivity index (χ1) is 21.4. The van der Waals surface area contributed by atoms with Crippen LogP contribution in [0.4, 0.5) is 30.6 Å². The molecule has 1 aromatic heterocycles. The number of hydrogen-bond acceptors (Lipinski definition) is 11. The Morgan fingerprint density at radius 2 is 1.67 bits per heavy atom. The first kappa shape index (κ1) is 32.1. The predicted octanol–water partition coefficient (Wildman–Crippen LogP) is 5.13. The van der Waals surface area contributed by atoms with Crippen LogP contribution in [0.2, 0.25) is 0 Å². The standard InChI is InChI=1S/C28H24N6O4.C2HF3O2/c1-36-23-12-19-11-18(15-30)5-8-22(19)26(37-2)27(23)38-25-13-24(34-10-9-21(35)16-34)32-28(33-25)31-20-6-3-17(14-29)4-7-20;3-2(4,5)1(6)7/h3-8,11-13,21,35H,9-10,16H2,1-2H3,(H,31,32,33);(H,6,7). The van der Waals surface area contributed by atoms with Gasteiger partial charge in [-0.05, 0) is 60.3 Å². The number of anilines is 3. The number of benzene rings is 3. The zero-order valence-electron chi connectivity index (χ0n) is 23.8. The lowest BCUT2D eigenvalue weighted by atomic mass is 10.1. The second-order valence-corrected chi connectivity index (χ2v) is 9.48. The third kappa shape index (κ3) is 7.78. The van der Waals surface area contributed by atoms with E-state index in [-0.39, 0.29) is 11.8 Å². The van der Waals surface area contributed by atoms with E-state index in [9.17, 15) is 23.5 Å². The molecule has 4 aromatic rings. The van der Waals surface area contributed by atoms with Crippen LogP contribution >= 0.6 is 0 Å². The number of ether oxygens (including phenoxy) is 3. The Bertz CT molecular complexity index is 1790. The Balaban J connectivity index is 0.000000591. The molecule has 3 N–H and O–H groups in total. The van der Waals surface area contributed by atoms with E-state index >= 15 is 0 Å². The van der Waals surface area contributed by atoms with E-state index in [1.165, 1.54) is 14.2 Å². The number of nitrogens with zero attached hydrogens (tertiary/aromatic N) is 5. The third-order valence-electron chi connectivity index (χ3n) is 6.46. The van der Waals surface area contributed by atoms with Crippen molar-refractivity contribution in [3.8, 4) is 35.3 Å². The summed E-state index contributed by atoms with van der Waals surface area (Å²) in [6.07, 6.45) is -4.89. The monoisotopic (exact) mass is 622 g/mol. The van der Waals surface area contributed by atoms with Crippen LogP contribution in [0.15, 0.2) is 54.6 Å². The summed E-state index contributed by atoms with van der Waals surface area (Å²) in [7, 11) is 3.06. The first-order valence-electron chi connectivity index (χ1n) is 13.1. The van der Waals surface area contributed by atoms with Crippen molar-refractivity contribution < 1.29 is 42.4 Å². The maximum atomic E-state index is 10.6. The Kier molecular flexibility index (Phi) is 9.75. The number of rotatable bonds is 7. The normalized spacial score (nSPS) is 14.0. The fourth-order valence-corrected chi connectivity index (χ4v) is 4.35. The van der Waals surface area contributed by atoms with Gasteiger partial charge in [-0.2, -0.15) is 33.7 Å². The summed E-state index contributed by atoms with van der Waals surface area (Å²) in [5.74, 6) is -0.502. The van der Waals surface area contributed by atoms with E-state index in [1.54, 1.807) is 54.6 Å². The van der Waals surface area contributed by atoms with Crippen molar-refractivity contribution in [2.75, 3.05) is 37.5 Å². The van der Waals surface area contributed by atoms with Gasteiger partial charge >= 0.3 is 12.1 Å². The molecule has 1 fully saturated rings. The fourth-order valence-electron chi connectivity index (χ4n) is 4.35. The Labute approximate surface area is 254 Å². The van der Waals surface area contributed by atoms with Crippen LogP contribution in [0.5, 0.6) is 23.1 Å². The van der Waals surface area contributed by atoms with E-state index < -0.39 is 18.2 Å². The van der Waals surface area contributed by atoms with Gasteiger partial charge in [0.05, 0.1) is 43.6 Å². The molecule has 2 heterocycles. The van der Waals surface area contributed by atoms with Crippen molar-refractivity contribution in [3.05, 3.63) is 65.7 Å². The first-order valence-corrected chi connectivity index (χ1v) is 13.1. The number of aliphatic hydroxyl groups is 1. The number of alkyl halides is 3. The van der Waals surface area contributed by atoms with Gasteiger partial charge in [0.1, 0.15) is 5.82 Å². The predicted molar refractivity (Wildman–Crippen MR) is 155 cm³/mol. The number of aliphatic carboxylic acids is 1. The molecule has 5 rings (SSSR count). The van der Waals surface area contributed by atoms with Crippen LogP contribution in [0.1, 0.15) is 17.5 Å². The van der Waals surface area contributed by atoms with E-state index in [0.717, 1.165) is 10.8 Å². The van der Waals surface area contributed by atoms with E-state index in [2.05, 4.69) is 27.4 Å². The number of fused-ring (bicyclic) bond motifs is 1. The van der Waals surface area contributed by atoms with Gasteiger partial charge in [0.15, 0.2) is 11.5 Å². The third-order valence-corrected chi connectivity index (χ3v) is 6.46. The molecule has 0 spiro atoms. The van der Waals surface area contributed by atoms with Crippen LogP contribution in [0, 0.1) is 22.7 Å². The van der Waals surface area contributed by atoms with Crippen molar-refractivity contribution in [3.63, 3.8) is 0 Å². The van der Waals surface area contributed by atoms with Crippen molar-refractivity contribution in [2.45, 2.75) is 18.7 Å². The minimum Gasteiger partial charge on any atom is -0.493 e. The number of aromatic nitrogens is 2. The molecule has 1 aliphatic rings. The summed E-state index contributed by atoms with van der Waals surface area (Å²) in [4.78, 5) is 20.1. The van der Waals surface area contributed by atoms with Crippen LogP contribution in [0.3, 0.4) is 0 Å². The topological polar surface area (TPSA) is 174 Å². The molecule has 12 nitrogen and oxygen atoms in total. The number of halogens is 3. The molecule has 0 radical (unpaired) electrons. The van der Waals surface area contributed by atoms with Gasteiger partial charge in [-0.3, -0.25) is 0 Å². The minimum absolute atomic E-state index is 0.233. The second kappa shape index (κ2) is 13.7. The van der Waals surface area contributed by atoms with Crippen molar-refractivity contribution in [1.82, 2.24) is 9.97 Å². The molecule has 1 aliphatic heterocycles. The van der Waals surface area contributed by atoms with E-state index in [1.807, 2.05) is 4.90 Å². The average molecular weight is 623 g/mol. The van der Waals surface area contributed by atoms with Crippen LogP contribution in [-0.4, -0.2) is 65.7 Å². The zero-order chi connectivity index (χ0) is 32.7. The summed E-state index contributed by atoms with van der Waals surface area (Å²) in [6, 6.07) is 19.9. The summed E-state index contributed by atoms with van der Waals surface area (Å²) < 4.78 is 49.4. The van der Waals surface area contributed by atoms with Crippen LogP contribution in [0.25, 0.3) is 10.8 Å². The number of nitrogens with one attached hydrogen (secondary N) is 1. The smallest absolute Gasteiger partial charge is 0.490 e. The number of methoxy groups -OCH3 is 2. The molecule has 1 unspecified atom stereocenters. The molecule has 3 aromatic carbocycles. The van der Waals surface area contributed by atoms with Crippen LogP contribution in [-0.2, 0) is 4.79 Å². The van der Waals surface area contributed by atoms with Gasteiger partial charge in [0, 0.05) is 30.2 Å². The lowest BCUT2D eigenvalue weighted by molar-refractivity contribution is -0.192. The van der Waals surface area contributed by atoms with Gasteiger partial charge in [0.2, 0.25) is 17.6 Å². The highest BCUT2D eigenvalue weighted by molar-refractivity contribution is 5.94. The quantitative estimate of drug-likeness (QED) is 0.248. The molecule has 1 saturated heterocycles. The van der Waals surface area contributed by atoms with Gasteiger partial charge in [-0.15, -0.1) is 0 Å². The van der Waals surface area contributed by atoms with Crippen molar-refractivity contribution in [2.24, 2.45) is 0 Å². The van der Waals surface area contributed by atoms with Gasteiger partial charge in [0.25, 0.3) is 0 Å². The maximum absolute atomic E-state index is 10.6. The Morgan fingerprint density at radius 1 is 1.00 bits per heavy atom. The number of carbonyl (C=O) groups is 1. The molecule has 0 bridgehead atoms. The molecule has 0 amide bonds. The number of hydrogen-bond donors (Lipinski definition) is 3. The van der Waals surface area contributed by atoms with E-state index in [4.69, 9.17) is 29.4 Å². The van der Waals surface area contributed by atoms with Crippen molar-refractivity contribution >= 4 is 34.2 Å². The minimum atomic E-state index is -5.08. The highest BCUT2D eigenvalue weighted by Crippen LogP contribution is 2.46.